The Bertz CT molecular complexity index is 3000. The van der Waals surface area contributed by atoms with Crippen molar-refractivity contribution in [2.75, 3.05) is 77.5 Å². The average Bonchev–Trinajstić information content (AvgIpc) is 4.25. The minimum absolute atomic E-state index is 0. The van der Waals surface area contributed by atoms with Crippen molar-refractivity contribution in [1.29, 1.82) is 0 Å². The summed E-state index contributed by atoms with van der Waals surface area (Å²) in [6.45, 7) is 3.28. The number of nitrogens with two attached hydrogens (primary N) is 1. The number of methoxy groups -OCH3 is 2. The number of anilines is 2. The molecule has 18 nitrogen and oxygen atoms in total. The van der Waals surface area contributed by atoms with Crippen LogP contribution in [-0.4, -0.2) is 122 Å². The number of imidazole rings is 1. The van der Waals surface area contributed by atoms with Crippen LogP contribution in [0.4, 0.5) is 38.5 Å². The molecule has 4 aromatic carbocycles. The monoisotopic (exact) mass is 1170 g/mol. The van der Waals surface area contributed by atoms with Crippen LogP contribution in [-0.2, 0) is 41.4 Å². The number of halogens is 7. The van der Waals surface area contributed by atoms with Crippen LogP contribution in [0, 0.1) is 35.1 Å². The number of fused-ring (bicyclic) bond motifs is 2. The molecule has 2 aliphatic carbocycles. The molecule has 2 saturated heterocycles. The molecule has 2 aliphatic heterocycles. The number of nitrogens with zero attached hydrogens (tertiary/aromatic N) is 4. The number of carbonyl (C=O) groups is 6. The molecule has 5 aromatic rings. The highest BCUT2D eigenvalue weighted by molar-refractivity contribution is 6.31. The molecule has 0 bridgehead atoms. The minimum atomic E-state index is -0.661. The molecule has 5 N–H and O–H groups in total. The highest BCUT2D eigenvalue weighted by Crippen LogP contribution is 2.37. The molecule has 430 valence electrons. The third-order valence-electron chi connectivity index (χ3n) is 13.9. The predicted molar refractivity (Wildman–Crippen MR) is 291 cm³/mol. The first-order valence-corrected chi connectivity index (χ1v) is 26.2. The fourth-order valence-electron chi connectivity index (χ4n) is 9.72. The summed E-state index contributed by atoms with van der Waals surface area (Å²) >= 11 is 11.5. The summed E-state index contributed by atoms with van der Waals surface area (Å²) < 4.78 is 76.8. The van der Waals surface area contributed by atoms with E-state index < -0.39 is 47.5 Å². The normalized spacial score (nSPS) is 16.6. The summed E-state index contributed by atoms with van der Waals surface area (Å²) in [6.07, 6.45) is 8.48. The lowest BCUT2D eigenvalue weighted by atomic mass is 9.98. The molecular weight excluding hydrogens is 1120 g/mol. The molecule has 3 heterocycles. The summed E-state index contributed by atoms with van der Waals surface area (Å²) in [4.78, 5) is 80.2. The van der Waals surface area contributed by atoms with Crippen molar-refractivity contribution in [2.24, 2.45) is 17.6 Å². The average molecular weight is 1180 g/mol. The van der Waals surface area contributed by atoms with Gasteiger partial charge in [-0.3, -0.25) is 19.2 Å². The second-order valence-corrected chi connectivity index (χ2v) is 20.0. The number of likely N-dealkylation sites (tertiary alicyclic amines) is 2. The van der Waals surface area contributed by atoms with Gasteiger partial charge in [0.25, 0.3) is 11.8 Å². The zero-order valence-electron chi connectivity index (χ0n) is 43.8. The van der Waals surface area contributed by atoms with Crippen molar-refractivity contribution in [1.82, 2.24) is 24.7 Å². The van der Waals surface area contributed by atoms with Gasteiger partial charge in [0.05, 0.1) is 29.3 Å². The van der Waals surface area contributed by atoms with E-state index in [-0.39, 0.29) is 83.0 Å². The van der Waals surface area contributed by atoms with Crippen LogP contribution in [0.2, 0.25) is 10.0 Å². The summed E-state index contributed by atoms with van der Waals surface area (Å²) in [7, 11) is 2.99. The molecule has 1 aromatic heterocycles. The SMILES string of the molecule is COCC(=O)N1CCC(COC(=O)N[C@H]2CCc3c(C(=O)Nc4ccc(F)c(Cl)c4)ccc(F)c32)CC1.COCC(=O)N1CCC(COC(=O)n2ccnc2)CC1.Cl.N[C@H]1CCc2c(C(=O)Nc3ccc(F)c(Cl)c3)ccc(F)c21. The number of hydrogen-bond donors (Lipinski definition) is 4. The van der Waals surface area contributed by atoms with Crippen LogP contribution in [0.15, 0.2) is 79.4 Å². The van der Waals surface area contributed by atoms with E-state index in [1.54, 1.807) is 16.0 Å². The maximum absolute atomic E-state index is 14.8. The van der Waals surface area contributed by atoms with Crippen molar-refractivity contribution >= 4 is 82.8 Å². The van der Waals surface area contributed by atoms with E-state index in [1.807, 2.05) is 0 Å². The maximum Gasteiger partial charge on any atom is 0.419 e. The van der Waals surface area contributed by atoms with Crippen molar-refractivity contribution < 1.29 is 65.3 Å². The van der Waals surface area contributed by atoms with Gasteiger partial charge in [-0.1, -0.05) is 23.2 Å². The third kappa shape index (κ3) is 16.4. The summed E-state index contributed by atoms with van der Waals surface area (Å²) in [5.41, 5.74) is 9.00. The zero-order valence-corrected chi connectivity index (χ0v) is 46.1. The highest BCUT2D eigenvalue weighted by Gasteiger charge is 2.33. The Labute approximate surface area is 475 Å². The molecule has 0 radical (unpaired) electrons. The van der Waals surface area contributed by atoms with Gasteiger partial charge in [-0.25, -0.2) is 36.7 Å². The van der Waals surface area contributed by atoms with Gasteiger partial charge in [0, 0.05) is 92.5 Å². The number of carbonyl (C=O) groups excluding carboxylic acids is 6. The maximum atomic E-state index is 14.8. The molecular formula is C55H61Cl3F4N8O10. The van der Waals surface area contributed by atoms with Crippen molar-refractivity contribution in [3.8, 4) is 0 Å². The molecule has 0 unspecified atom stereocenters. The fraction of sp³-hybridized carbons (Fsp3) is 0.400. The standard InChI is InChI=1S/C26H28ClF2N3O5.C16H13ClF2N2O.C13H19N3O4.ClH/c1-36-14-23(33)32-10-8-15(9-11-32)13-37-26(35)31-22-7-4-17-18(3-6-21(29)24(17)22)25(34)30-16-2-5-20(28)19(27)12-16;17-11-7-8(1-4-12(11)18)21-16(22)10-2-5-13(19)15-9(10)3-6-14(15)20;1-19-9-12(17)15-5-2-11(3-6-15)8-20-13(18)16-7-4-14-10-16;/h2-3,5-6,12,15,22H,4,7-11,13-14H2,1H3,(H,30,34)(H,31,35);1-2,4-5,7,14H,3,6,20H2,(H,21,22);4,7,10-11H,2-3,5-6,8-9H2,1H3;1H/t22-;14-;;/m00../s1. The predicted octanol–water partition coefficient (Wildman–Crippen LogP) is 9.46. The summed E-state index contributed by atoms with van der Waals surface area (Å²) in [5, 5.41) is 7.79. The van der Waals surface area contributed by atoms with Gasteiger partial charge in [0.2, 0.25) is 11.8 Å². The van der Waals surface area contributed by atoms with Gasteiger partial charge in [0.15, 0.2) is 0 Å². The van der Waals surface area contributed by atoms with Crippen molar-refractivity contribution in [3.63, 3.8) is 0 Å². The van der Waals surface area contributed by atoms with Crippen LogP contribution in [0.5, 0.6) is 0 Å². The van der Waals surface area contributed by atoms with Gasteiger partial charge >= 0.3 is 12.2 Å². The number of alkyl carbamates (subject to hydrolysis) is 1. The number of rotatable bonds is 13. The largest absolute Gasteiger partial charge is 0.449 e. The smallest absolute Gasteiger partial charge is 0.419 e. The van der Waals surface area contributed by atoms with E-state index in [1.165, 1.54) is 85.9 Å². The number of nitrogens with one attached hydrogen (secondary N) is 3. The molecule has 4 aliphatic rings. The van der Waals surface area contributed by atoms with E-state index in [9.17, 15) is 46.3 Å². The fourth-order valence-corrected chi connectivity index (χ4v) is 10.1. The Morgan fingerprint density at radius 2 is 1.10 bits per heavy atom. The number of ether oxygens (including phenoxy) is 4. The van der Waals surface area contributed by atoms with Gasteiger partial charge in [-0.15, -0.1) is 12.4 Å². The molecule has 5 amide bonds. The number of aromatic nitrogens is 2. The van der Waals surface area contributed by atoms with Gasteiger partial charge in [-0.05, 0) is 135 Å². The lowest BCUT2D eigenvalue weighted by Gasteiger charge is -2.31. The van der Waals surface area contributed by atoms with Crippen molar-refractivity contribution in [2.45, 2.75) is 63.5 Å². The van der Waals surface area contributed by atoms with Crippen LogP contribution in [0.3, 0.4) is 0 Å². The first-order valence-electron chi connectivity index (χ1n) is 25.5. The Morgan fingerprint density at radius 3 is 1.57 bits per heavy atom. The van der Waals surface area contributed by atoms with E-state index in [0.29, 0.717) is 111 Å². The molecule has 25 heteroatoms. The molecule has 2 atom stereocenters. The van der Waals surface area contributed by atoms with E-state index >= 15 is 0 Å². The van der Waals surface area contributed by atoms with E-state index in [4.69, 9.17) is 47.9 Å². The highest BCUT2D eigenvalue weighted by atomic mass is 35.5. The van der Waals surface area contributed by atoms with Gasteiger partial charge in [0.1, 0.15) is 42.8 Å². The number of hydrogen-bond acceptors (Lipinski definition) is 12. The van der Waals surface area contributed by atoms with Crippen LogP contribution in [0.25, 0.3) is 0 Å². The quantitative estimate of drug-likeness (QED) is 0.0809. The molecule has 2 fully saturated rings. The minimum Gasteiger partial charge on any atom is -0.449 e. The first-order chi connectivity index (χ1) is 37.9. The molecule has 80 heavy (non-hydrogen) atoms. The van der Waals surface area contributed by atoms with Crippen molar-refractivity contribution in [3.05, 3.63) is 146 Å². The molecule has 9 rings (SSSR count). The summed E-state index contributed by atoms with van der Waals surface area (Å²) in [6, 6.07) is 12.0. The number of amides is 5. The zero-order chi connectivity index (χ0) is 56.8. The van der Waals surface area contributed by atoms with Crippen LogP contribution >= 0.6 is 35.6 Å². The number of benzene rings is 4. The second-order valence-electron chi connectivity index (χ2n) is 19.2. The second kappa shape index (κ2) is 29.6. The molecule has 0 saturated carbocycles. The van der Waals surface area contributed by atoms with Crippen LogP contribution in [0.1, 0.15) is 93.6 Å². The van der Waals surface area contributed by atoms with Gasteiger partial charge < -0.3 is 50.4 Å². The lowest BCUT2D eigenvalue weighted by Crippen LogP contribution is -2.41. The van der Waals surface area contributed by atoms with Gasteiger partial charge in [-0.2, -0.15) is 0 Å². The Kier molecular flexibility index (Phi) is 23.1. The topological polar surface area (TPSA) is 226 Å². The Hall–Kier alpha value is -6.82. The first kappa shape index (κ1) is 62.4. The third-order valence-corrected chi connectivity index (χ3v) is 14.5. The van der Waals surface area contributed by atoms with Crippen LogP contribution < -0.4 is 21.7 Å². The summed E-state index contributed by atoms with van der Waals surface area (Å²) in [5.74, 6) is -2.58. The molecule has 0 spiro atoms. The lowest BCUT2D eigenvalue weighted by molar-refractivity contribution is -0.137. The Morgan fingerprint density at radius 1 is 0.637 bits per heavy atom. The Balaban J connectivity index is 0.000000206. The van der Waals surface area contributed by atoms with E-state index in [0.717, 1.165) is 18.9 Å². The number of piperidine rings is 2. The van der Waals surface area contributed by atoms with E-state index in [2.05, 4.69) is 20.9 Å².